The molecule has 3 N–H and O–H groups in total. The van der Waals surface area contributed by atoms with E-state index < -0.39 is 39.8 Å². The number of carboxylic acid groups (broad SMARTS) is 1. The zero-order valence-electron chi connectivity index (χ0n) is 24.9. The zero-order chi connectivity index (χ0) is 34.2. The number of aliphatic carboxylic acids is 1. The lowest BCUT2D eigenvalue weighted by Crippen LogP contribution is -2.38. The van der Waals surface area contributed by atoms with Crippen molar-refractivity contribution < 1.29 is 45.1 Å². The van der Waals surface area contributed by atoms with Gasteiger partial charge in [0.1, 0.15) is 21.7 Å². The van der Waals surface area contributed by atoms with Crippen LogP contribution in [-0.4, -0.2) is 41.3 Å². The Morgan fingerprint density at radius 1 is 1.07 bits per heavy atom. The average Bonchev–Trinajstić information content (AvgIpc) is 3.60. The summed E-state index contributed by atoms with van der Waals surface area (Å²) in [5.74, 6) is -2.53. The number of carbonyl (C=O) groups excluding carboxylic acids is 1. The van der Waals surface area contributed by atoms with Gasteiger partial charge in [0, 0.05) is 41.4 Å². The van der Waals surface area contributed by atoms with Crippen molar-refractivity contribution in [2.45, 2.75) is 57.1 Å². The van der Waals surface area contributed by atoms with E-state index in [9.17, 15) is 30.8 Å². The molecule has 248 valence electrons. The highest BCUT2D eigenvalue weighted by Crippen LogP contribution is 2.37. The van der Waals surface area contributed by atoms with Gasteiger partial charge < -0.3 is 15.0 Å². The Kier molecular flexibility index (Phi) is 12.0. The lowest BCUT2D eigenvalue weighted by Gasteiger charge is -2.11. The summed E-state index contributed by atoms with van der Waals surface area (Å²) in [5.41, 5.74) is 1.79. The number of alkyl halides is 3. The summed E-state index contributed by atoms with van der Waals surface area (Å²) >= 11 is 1.06. The van der Waals surface area contributed by atoms with Gasteiger partial charge in [-0.25, -0.2) is 36.5 Å². The van der Waals surface area contributed by atoms with Crippen LogP contribution in [0.5, 0.6) is 0 Å². The van der Waals surface area contributed by atoms with Gasteiger partial charge in [0.05, 0.1) is 6.54 Å². The van der Waals surface area contributed by atoms with Crippen molar-refractivity contribution in [3.63, 3.8) is 0 Å². The first-order chi connectivity index (χ1) is 21.5. The van der Waals surface area contributed by atoms with Gasteiger partial charge in [0.25, 0.3) is 10.0 Å². The van der Waals surface area contributed by atoms with Crippen LogP contribution in [0.4, 0.5) is 26.7 Å². The molecule has 2 amide bonds. The molecule has 0 unspecified atom stereocenters. The van der Waals surface area contributed by atoms with Crippen LogP contribution in [-0.2, 0) is 40.7 Å². The molecule has 2 aromatic heterocycles. The fourth-order valence-corrected chi connectivity index (χ4v) is 7.02. The average molecular weight is 687 g/mol. The van der Waals surface area contributed by atoms with Crippen molar-refractivity contribution >= 4 is 33.4 Å². The molecule has 0 radical (unpaired) electrons. The Balaban J connectivity index is 0.000000738. The number of imidazole rings is 1. The molecule has 0 bridgehead atoms. The van der Waals surface area contributed by atoms with E-state index in [1.54, 1.807) is 30.6 Å². The van der Waals surface area contributed by atoms with Crippen LogP contribution in [0.3, 0.4) is 0 Å². The molecule has 0 aliphatic heterocycles. The third-order valence-electron chi connectivity index (χ3n) is 6.26. The highest BCUT2D eigenvalue weighted by Gasteiger charge is 2.38. The minimum Gasteiger partial charge on any atom is -0.475 e. The van der Waals surface area contributed by atoms with Gasteiger partial charge in [-0.3, -0.25) is 0 Å². The summed E-state index contributed by atoms with van der Waals surface area (Å²) in [6.07, 6.45) is -0.274. The highest BCUT2D eigenvalue weighted by molar-refractivity contribution is 7.92. The Morgan fingerprint density at radius 3 is 2.28 bits per heavy atom. The Labute approximate surface area is 266 Å². The van der Waals surface area contributed by atoms with Crippen LogP contribution < -0.4 is 10.0 Å². The number of thiophene rings is 1. The molecule has 0 spiro atoms. The van der Waals surface area contributed by atoms with Crippen LogP contribution in [0.15, 0.2) is 65.1 Å². The minimum atomic E-state index is -5.08. The first-order valence-corrected chi connectivity index (χ1v) is 16.1. The molecule has 0 atom stereocenters. The van der Waals surface area contributed by atoms with E-state index >= 15 is 4.39 Å². The second-order valence-electron chi connectivity index (χ2n) is 10.4. The number of nitrogens with one attached hydrogen (secondary N) is 2. The van der Waals surface area contributed by atoms with Crippen molar-refractivity contribution in [1.29, 1.82) is 0 Å². The maximum atomic E-state index is 15.2. The molecule has 9 nitrogen and oxygen atoms in total. The van der Waals surface area contributed by atoms with Gasteiger partial charge in [0.15, 0.2) is 0 Å². The minimum absolute atomic E-state index is 0.0147. The number of halogens is 5. The molecule has 16 heteroatoms. The van der Waals surface area contributed by atoms with Gasteiger partial charge in [-0.05, 0) is 47.7 Å². The number of urea groups is 1. The molecule has 4 rings (SSSR count). The van der Waals surface area contributed by atoms with Crippen molar-refractivity contribution in [2.75, 3.05) is 0 Å². The maximum Gasteiger partial charge on any atom is 0.490 e. The largest absolute Gasteiger partial charge is 0.490 e. The van der Waals surface area contributed by atoms with E-state index in [1.807, 2.05) is 25.3 Å². The molecular weight excluding hydrogens is 655 g/mol. The number of carbonyl (C=O) groups is 2. The van der Waals surface area contributed by atoms with E-state index in [2.05, 4.69) is 15.0 Å². The standard InChI is InChI=1S/C28H30F2N4O3S2.C2HF3O2/c1-4-26-31-11-12-34(26)17-21-8-7-20(14-25(21)30)24-15-23(13-18(2)3)38-27(24)39(36,37)33-28(35)32-16-19-5-9-22(29)10-6-19;3-2(4,5)1(6)7/h5-12,14-15,18H,4,13,16-17H2,1-3H3,(H2,32,33,35);(H,6,7). The van der Waals surface area contributed by atoms with Crippen LogP contribution >= 0.6 is 11.3 Å². The monoisotopic (exact) mass is 686 g/mol. The Bertz CT molecular complexity index is 1770. The molecule has 0 saturated carbocycles. The normalized spacial score (nSPS) is 11.6. The predicted octanol–water partition coefficient (Wildman–Crippen LogP) is 6.52. The van der Waals surface area contributed by atoms with Gasteiger partial charge in [-0.2, -0.15) is 13.2 Å². The fraction of sp³-hybridized carbons (Fsp3) is 0.300. The van der Waals surface area contributed by atoms with Crippen molar-refractivity contribution in [2.24, 2.45) is 5.92 Å². The molecule has 4 aromatic rings. The van der Waals surface area contributed by atoms with E-state index in [0.717, 1.165) is 22.0 Å². The molecule has 0 aliphatic rings. The molecule has 0 fully saturated rings. The molecule has 46 heavy (non-hydrogen) atoms. The fourth-order valence-electron chi connectivity index (χ4n) is 4.14. The number of nitrogens with zero attached hydrogens (tertiary/aromatic N) is 2. The molecule has 0 aliphatic carbocycles. The zero-order valence-corrected chi connectivity index (χ0v) is 26.5. The van der Waals surface area contributed by atoms with Gasteiger partial charge >= 0.3 is 18.2 Å². The molecule has 0 saturated heterocycles. The van der Waals surface area contributed by atoms with Crippen LogP contribution in [0.2, 0.25) is 0 Å². The summed E-state index contributed by atoms with van der Waals surface area (Å²) in [6.45, 7) is 6.33. The van der Waals surface area contributed by atoms with Gasteiger partial charge in [-0.15, -0.1) is 11.3 Å². The summed E-state index contributed by atoms with van der Waals surface area (Å²) in [7, 11) is -4.28. The van der Waals surface area contributed by atoms with Crippen LogP contribution in [0.1, 0.15) is 42.6 Å². The highest BCUT2D eigenvalue weighted by atomic mass is 32.2. The van der Waals surface area contributed by atoms with Crippen molar-refractivity contribution in [3.8, 4) is 11.1 Å². The quantitative estimate of drug-likeness (QED) is 0.163. The van der Waals surface area contributed by atoms with E-state index in [4.69, 9.17) is 9.90 Å². The molecular formula is C30H31F5N4O5S2. The maximum absolute atomic E-state index is 15.2. The van der Waals surface area contributed by atoms with Gasteiger partial charge in [0.2, 0.25) is 0 Å². The third-order valence-corrected chi connectivity index (χ3v) is 9.28. The number of amides is 2. The first kappa shape index (κ1) is 36.2. The molecule has 2 aromatic carbocycles. The number of aromatic nitrogens is 2. The third kappa shape index (κ3) is 10.1. The van der Waals surface area contributed by atoms with Gasteiger partial charge in [-0.1, -0.05) is 45.0 Å². The topological polar surface area (TPSA) is 130 Å². The number of rotatable bonds is 10. The lowest BCUT2D eigenvalue weighted by atomic mass is 10.0. The number of carboxylic acids is 1. The summed E-state index contributed by atoms with van der Waals surface area (Å²) < 4.78 is 90.5. The predicted molar refractivity (Wildman–Crippen MR) is 162 cm³/mol. The second-order valence-corrected chi connectivity index (χ2v) is 13.4. The SMILES string of the molecule is CCc1nccn1Cc1ccc(-c2cc(CC(C)C)sc2S(=O)(=O)NC(=O)NCc2ccc(F)cc2)cc1F.O=C(O)C(F)(F)F. The summed E-state index contributed by atoms with van der Waals surface area (Å²) in [4.78, 5) is 26.4. The number of benzene rings is 2. The Hall–Kier alpha value is -4.31. The van der Waals surface area contributed by atoms with E-state index in [1.165, 1.54) is 30.3 Å². The number of hydrogen-bond acceptors (Lipinski definition) is 6. The second kappa shape index (κ2) is 15.3. The lowest BCUT2D eigenvalue weighted by molar-refractivity contribution is -0.192. The summed E-state index contributed by atoms with van der Waals surface area (Å²) in [5, 5.41) is 9.60. The van der Waals surface area contributed by atoms with E-state index in [-0.39, 0.29) is 16.7 Å². The first-order valence-electron chi connectivity index (χ1n) is 13.8. The number of hydrogen-bond donors (Lipinski definition) is 3. The number of sulfonamides is 1. The number of aryl methyl sites for hydroxylation is 1. The smallest absolute Gasteiger partial charge is 0.475 e. The van der Waals surface area contributed by atoms with Crippen molar-refractivity contribution in [1.82, 2.24) is 19.6 Å². The van der Waals surface area contributed by atoms with Crippen LogP contribution in [0, 0.1) is 17.6 Å². The summed E-state index contributed by atoms with van der Waals surface area (Å²) in [6, 6.07) is 11.0. The van der Waals surface area contributed by atoms with Crippen LogP contribution in [0.25, 0.3) is 11.1 Å². The Morgan fingerprint density at radius 2 is 1.72 bits per heavy atom. The molecule has 2 heterocycles. The van der Waals surface area contributed by atoms with Crippen molar-refractivity contribution in [3.05, 3.63) is 94.4 Å². The van der Waals surface area contributed by atoms with E-state index in [0.29, 0.717) is 41.6 Å².